The molecule has 4 saturated heterocycles. The summed E-state index contributed by atoms with van der Waals surface area (Å²) in [6.07, 6.45) is 13.8. The van der Waals surface area contributed by atoms with E-state index in [4.69, 9.17) is 57.9 Å². The highest BCUT2D eigenvalue weighted by Crippen LogP contribution is 2.45. The molecule has 0 saturated carbocycles. The Labute approximate surface area is 647 Å². The van der Waals surface area contributed by atoms with Crippen LogP contribution in [0.5, 0.6) is 0 Å². The van der Waals surface area contributed by atoms with Gasteiger partial charge in [-0.15, -0.1) is 0 Å². The normalized spacial score (nSPS) is 29.2. The average Bonchev–Trinajstić information content (AvgIpc) is 1.70. The summed E-state index contributed by atoms with van der Waals surface area (Å²) in [5, 5.41) is 43.1. The number of dihydropyridines is 2. The summed E-state index contributed by atoms with van der Waals surface area (Å²) in [5.74, 6) is -2.52. The van der Waals surface area contributed by atoms with Gasteiger partial charge >= 0.3 is 12.2 Å². The smallest absolute Gasteiger partial charge is 0.436 e. The minimum atomic E-state index is -2.05. The summed E-state index contributed by atoms with van der Waals surface area (Å²) >= 11 is 0. The highest BCUT2D eigenvalue weighted by atomic mass is 28.4. The number of para-hydroxylation sites is 1. The maximum Gasteiger partial charge on any atom is 0.436 e. The largest absolute Gasteiger partial charge is 0.443 e. The van der Waals surface area contributed by atoms with Gasteiger partial charge in [-0.25, -0.2) is 9.59 Å². The van der Waals surface area contributed by atoms with Crippen molar-refractivity contribution in [3.05, 3.63) is 88.6 Å². The Bertz CT molecular complexity index is 3650. The summed E-state index contributed by atoms with van der Waals surface area (Å²) in [5.41, 5.74) is 4.07. The molecule has 7 N–H and O–H groups in total. The highest BCUT2D eigenvalue weighted by molar-refractivity contribution is 6.75. The van der Waals surface area contributed by atoms with E-state index in [0.717, 1.165) is 30.6 Å². The van der Waals surface area contributed by atoms with Gasteiger partial charge in [-0.05, 0) is 140 Å². The Kier molecular flexibility index (Phi) is 30.9. The number of aliphatic hydroxyl groups is 2. The van der Waals surface area contributed by atoms with Gasteiger partial charge in [-0.2, -0.15) is 15.0 Å². The van der Waals surface area contributed by atoms with Crippen LogP contribution in [0.25, 0.3) is 0 Å². The molecule has 8 unspecified atom stereocenters. The van der Waals surface area contributed by atoms with Crippen LogP contribution in [0, 0.1) is 39.2 Å². The highest BCUT2D eigenvalue weighted by Gasteiger charge is 2.51. The third kappa shape index (κ3) is 24.9. The molecule has 8 heterocycles. The van der Waals surface area contributed by atoms with Crippen molar-refractivity contribution in [2.24, 2.45) is 44.4 Å². The zero-order chi connectivity index (χ0) is 82.1. The lowest BCUT2D eigenvalue weighted by atomic mass is 9.95. The molecule has 16 atom stereocenters. The monoisotopic (exact) mass is 1580 g/mol. The molecule has 4 fully saturated rings. The van der Waals surface area contributed by atoms with Gasteiger partial charge in [0.2, 0.25) is 11.8 Å². The number of rotatable bonds is 17. The minimum absolute atomic E-state index is 0.0149. The first-order chi connectivity index (χ1) is 50.2. The van der Waals surface area contributed by atoms with E-state index in [1.54, 1.807) is 108 Å². The van der Waals surface area contributed by atoms with Crippen LogP contribution >= 0.6 is 0 Å². The Morgan fingerprint density at radius 3 is 1.40 bits per heavy atom. The fourth-order valence-corrected chi connectivity index (χ4v) is 16.7. The lowest BCUT2D eigenvalue weighted by Gasteiger charge is -2.39. The molecule has 109 heavy (non-hydrogen) atoms. The van der Waals surface area contributed by atoms with Crippen molar-refractivity contribution in [1.82, 2.24) is 15.5 Å². The minimum Gasteiger partial charge on any atom is -0.443 e. The number of hydrogen-bond donors (Lipinski definition) is 6. The number of nitrogens with one attached hydrogen (secondary N) is 3. The predicted octanol–water partition coefficient (Wildman–Crippen LogP) is 12.8. The van der Waals surface area contributed by atoms with Gasteiger partial charge < -0.3 is 68.3 Å². The molecule has 1 aromatic rings. The maximum atomic E-state index is 13.3. The molecule has 0 radical (unpaired) electrons. The van der Waals surface area contributed by atoms with Crippen LogP contribution in [-0.2, 0) is 67.4 Å². The molecule has 9 rings (SSSR count). The van der Waals surface area contributed by atoms with Crippen molar-refractivity contribution in [3.63, 3.8) is 0 Å². The zero-order valence-electron chi connectivity index (χ0n) is 68.7. The SMILES string of the molecule is CC[C@H]1O[C@@H](C2C=CC(=N)NC2=O)CC1O[Si](C)(C)C(C)(C)C.CC[C@H]1O[C@@H](C2C=CC(=NC(=O)OC(C)(C)C)NC2=O)CC1O[Si](C)(C)C(C)(C)C.CC[C@H]1O[C@@H](C2C=CC(N(Cc3ccccc3[N+](=O)[O-])C(=O)OC(C)(C)C)=NC2=O)CC1O[Si](C)(C)C(C)(C)C.NC1=NC(=O)C([C@H]2CC(O)[C@@H](CO)O2)C=C1. The van der Waals surface area contributed by atoms with Gasteiger partial charge in [0.25, 0.3) is 17.5 Å². The third-order valence-electron chi connectivity index (χ3n) is 21.7. The number of aliphatic imine (C=N–C) groups is 3. The van der Waals surface area contributed by atoms with Crippen molar-refractivity contribution in [1.29, 1.82) is 5.41 Å². The second-order valence-electron chi connectivity index (χ2n) is 35.6. The van der Waals surface area contributed by atoms with Crippen LogP contribution in [0.3, 0.4) is 0 Å². The summed E-state index contributed by atoms with van der Waals surface area (Å²) in [6.45, 7) is 49.6. The van der Waals surface area contributed by atoms with E-state index in [0.29, 0.717) is 24.8 Å². The van der Waals surface area contributed by atoms with Gasteiger partial charge in [0.15, 0.2) is 25.0 Å². The standard InChI is InChI=1S/C29H43N3O7Si.C22H38N2O5Si.C17H30N2O3Si.C10H14N2O4/c1-10-22-24(39-40(8,9)29(5,6)7)17-23(37-22)20-15-16-25(30-26(20)33)31(27(34)38-28(2,3)4)18-19-13-11-12-14-21(19)32(35)36;1-10-15-17(29-30(8,9)22(5,6)7)13-16(27-15)14-11-12-18(23-19(14)25)24-20(26)28-21(2,3)4;1-7-12-14(22-23(5,6)17(2,3)4)10-13(21-12)11-8-9-15(18)19-16(11)20;11-9-2-1-5(10(15)12-9)7-3-6(14)8(4-13)16-7/h11-16,20,22-24H,10,17-18H2,1-9H3;11-12,14-17H,10,13H2,1-9H3,(H,23,24,25,26);8-9,11-14H,7,10H2,1-6H3,(H2,18,19,20);1-2,5-8,13-14H,3-4H2,(H2,11,12,15)/t20?,22-,23-,24?;14?,15-,16-,17?;11?,12-,13-,14?;5?,6?,7-,8-/m1111/s1. The molecule has 608 valence electrons. The fourth-order valence-electron chi connectivity index (χ4n) is 12.6. The van der Waals surface area contributed by atoms with Crippen LogP contribution in [0.15, 0.2) is 87.9 Å². The van der Waals surface area contributed by atoms with Crippen LogP contribution < -0.4 is 16.4 Å². The van der Waals surface area contributed by atoms with Gasteiger partial charge in [0.05, 0.1) is 109 Å². The molecule has 0 aromatic heterocycles. The van der Waals surface area contributed by atoms with Crippen LogP contribution in [-0.4, -0.2) is 195 Å². The summed E-state index contributed by atoms with van der Waals surface area (Å²) in [4.78, 5) is 98.7. The number of carbonyl (C=O) groups excluding carboxylic acids is 6. The molecule has 8 aliphatic rings. The number of carbonyl (C=O) groups is 6. The van der Waals surface area contributed by atoms with Crippen LogP contribution in [0.2, 0.25) is 54.4 Å². The molecule has 31 heteroatoms. The summed E-state index contributed by atoms with van der Waals surface area (Å²) in [7, 11) is -5.86. The lowest BCUT2D eigenvalue weighted by molar-refractivity contribution is -0.385. The van der Waals surface area contributed by atoms with Crippen molar-refractivity contribution in [3.8, 4) is 0 Å². The molecule has 0 spiro atoms. The van der Waals surface area contributed by atoms with Gasteiger partial charge in [0.1, 0.15) is 40.6 Å². The van der Waals surface area contributed by atoms with E-state index in [-0.39, 0.29) is 130 Å². The predicted molar refractivity (Wildman–Crippen MR) is 425 cm³/mol. The number of amidine groups is 4. The maximum absolute atomic E-state index is 13.3. The second-order valence-corrected chi connectivity index (χ2v) is 49.8. The molecule has 6 amide bonds. The number of benzene rings is 1. The Hall–Kier alpha value is -6.63. The topological polar surface area (TPSA) is 383 Å². The molecule has 28 nitrogen and oxygen atoms in total. The van der Waals surface area contributed by atoms with Crippen molar-refractivity contribution in [2.75, 3.05) is 6.61 Å². The molecule has 1 aromatic carbocycles. The molecule has 8 aliphatic heterocycles. The van der Waals surface area contributed by atoms with Crippen molar-refractivity contribution >= 4 is 89.8 Å². The number of nitro groups is 1. The number of aliphatic hydroxyl groups excluding tert-OH is 2. The summed E-state index contributed by atoms with van der Waals surface area (Å²) < 4.78 is 54.6. The molecule has 0 aliphatic carbocycles. The number of amides is 6. The third-order valence-corrected chi connectivity index (χ3v) is 35.2. The average molecular weight is 1580 g/mol. The Morgan fingerprint density at radius 1 is 0.606 bits per heavy atom. The lowest BCUT2D eigenvalue weighted by Crippen LogP contribution is -2.46. The number of nitro benzene ring substituents is 1. The first-order valence-corrected chi connectivity index (χ1v) is 46.9. The zero-order valence-corrected chi connectivity index (χ0v) is 71.7. The molecule has 0 bridgehead atoms. The van der Waals surface area contributed by atoms with E-state index < -0.39 is 101 Å². The molecular weight excluding hydrogens is 1450 g/mol. The number of nitrogens with zero attached hydrogens (tertiary/aromatic N) is 5. The Morgan fingerprint density at radius 2 is 1.01 bits per heavy atom. The van der Waals surface area contributed by atoms with Crippen LogP contribution in [0.1, 0.15) is 175 Å². The Balaban J connectivity index is 0.000000238. The van der Waals surface area contributed by atoms with E-state index in [2.05, 4.69) is 141 Å². The fraction of sp³-hybridized carbons (Fsp3) is 0.692. The van der Waals surface area contributed by atoms with Crippen molar-refractivity contribution < 1.29 is 85.6 Å². The van der Waals surface area contributed by atoms with Crippen molar-refractivity contribution in [2.45, 2.75) is 315 Å². The van der Waals surface area contributed by atoms with E-state index >= 15 is 0 Å². The first kappa shape index (κ1) is 91.2. The number of nitrogens with two attached hydrogens (primary N) is 1. The van der Waals surface area contributed by atoms with E-state index in [1.807, 2.05) is 6.92 Å². The van der Waals surface area contributed by atoms with Gasteiger partial charge in [0, 0.05) is 37.3 Å². The molecular formula is C78H125N9O19Si3. The quantitative estimate of drug-likeness (QED) is 0.0479. The second kappa shape index (κ2) is 36.9. The first-order valence-electron chi connectivity index (χ1n) is 38.1. The number of ether oxygens (including phenoxy) is 6. The summed E-state index contributed by atoms with van der Waals surface area (Å²) in [6, 6.07) is 6.14. The van der Waals surface area contributed by atoms with Crippen LogP contribution in [0.4, 0.5) is 15.3 Å². The van der Waals surface area contributed by atoms with E-state index in [9.17, 15) is 44.0 Å². The number of hydrogen-bond acceptors (Lipinski definition) is 21. The van der Waals surface area contributed by atoms with Gasteiger partial charge in [-0.3, -0.25) is 39.6 Å². The van der Waals surface area contributed by atoms with Gasteiger partial charge in [-0.1, -0.05) is 126 Å². The van der Waals surface area contributed by atoms with E-state index in [1.165, 1.54) is 6.07 Å².